The molecule has 0 aromatic heterocycles. The minimum atomic E-state index is -0.913. The van der Waals surface area contributed by atoms with Crippen LogP contribution in [0.1, 0.15) is 5.56 Å². The van der Waals surface area contributed by atoms with Gasteiger partial charge in [-0.25, -0.2) is 8.78 Å². The molecule has 0 bridgehead atoms. The van der Waals surface area contributed by atoms with Gasteiger partial charge in [0.05, 0.1) is 5.02 Å². The minimum Gasteiger partial charge on any atom is -0.366 e. The van der Waals surface area contributed by atoms with E-state index in [2.05, 4.69) is 0 Å². The average Bonchev–Trinajstić information content (AvgIpc) is 2.11. The number of amides is 1. The Kier molecular flexibility index (Phi) is 3.19. The molecule has 0 aliphatic rings. The Morgan fingerprint density at radius 3 is 2.64 bits per heavy atom. The number of benzene rings is 1. The molecule has 0 aliphatic heterocycles. The Morgan fingerprint density at radius 1 is 1.43 bits per heavy atom. The lowest BCUT2D eigenvalue weighted by atomic mass is 10.2. The second-order valence-corrected chi connectivity index (χ2v) is 2.90. The third-order valence-corrected chi connectivity index (χ3v) is 1.79. The van der Waals surface area contributed by atoms with Crippen molar-refractivity contribution < 1.29 is 13.6 Å². The first kappa shape index (κ1) is 10.7. The maximum absolute atomic E-state index is 13.1. The van der Waals surface area contributed by atoms with Gasteiger partial charge in [-0.15, -0.1) is 0 Å². The van der Waals surface area contributed by atoms with Crippen LogP contribution < -0.4 is 5.73 Å². The van der Waals surface area contributed by atoms with Crippen molar-refractivity contribution in [3.8, 4) is 0 Å². The third kappa shape index (κ3) is 2.29. The fourth-order valence-corrected chi connectivity index (χ4v) is 1.03. The molecule has 2 nitrogen and oxygen atoms in total. The molecule has 14 heavy (non-hydrogen) atoms. The predicted octanol–water partition coefficient (Wildman–Crippen LogP) is 2.12. The second-order valence-electron chi connectivity index (χ2n) is 2.49. The Balaban J connectivity index is 3.19. The number of carbonyl (C=O) groups is 1. The first-order valence-corrected chi connectivity index (χ1v) is 4.01. The largest absolute Gasteiger partial charge is 0.366 e. The summed E-state index contributed by atoms with van der Waals surface area (Å²) < 4.78 is 26.1. The summed E-state index contributed by atoms with van der Waals surface area (Å²) in [5.74, 6) is -2.50. The molecule has 0 radical (unpaired) electrons. The smallest absolute Gasteiger partial charge is 0.241 e. The maximum Gasteiger partial charge on any atom is 0.241 e. The predicted molar refractivity (Wildman–Crippen MR) is 49.6 cm³/mol. The zero-order valence-corrected chi connectivity index (χ0v) is 7.68. The Hall–Kier alpha value is -1.42. The topological polar surface area (TPSA) is 43.1 Å². The van der Waals surface area contributed by atoms with Crippen LogP contribution in [0.15, 0.2) is 18.2 Å². The number of rotatable bonds is 2. The molecule has 1 aromatic rings. The lowest BCUT2D eigenvalue weighted by molar-refractivity contribution is -0.113. The van der Waals surface area contributed by atoms with E-state index < -0.39 is 17.5 Å². The number of hydrogen-bond acceptors (Lipinski definition) is 1. The number of halogens is 3. The van der Waals surface area contributed by atoms with Crippen LogP contribution in [0.25, 0.3) is 6.08 Å². The van der Waals surface area contributed by atoms with Gasteiger partial charge in [-0.1, -0.05) is 11.6 Å². The third-order valence-electron chi connectivity index (χ3n) is 1.49. The lowest BCUT2D eigenvalue weighted by Crippen LogP contribution is -2.05. The Labute approximate surface area is 84.0 Å². The van der Waals surface area contributed by atoms with E-state index in [1.807, 2.05) is 0 Å². The van der Waals surface area contributed by atoms with Gasteiger partial charge in [0.25, 0.3) is 0 Å². The monoisotopic (exact) mass is 217 g/mol. The molecular weight excluding hydrogens is 212 g/mol. The normalized spacial score (nSPS) is 10.8. The molecule has 1 aromatic carbocycles. The average molecular weight is 218 g/mol. The standard InChI is InChI=1S/C9H6ClF2NO/c10-6-2-3-7(11)5(9(6)12)1-4-8(13)14/h1-4H,(H2,13,14). The molecule has 1 amide bonds. The summed E-state index contributed by atoms with van der Waals surface area (Å²) in [6.45, 7) is 0. The van der Waals surface area contributed by atoms with Crippen LogP contribution in [0.5, 0.6) is 0 Å². The van der Waals surface area contributed by atoms with Crippen molar-refractivity contribution in [3.05, 3.63) is 40.4 Å². The fourth-order valence-electron chi connectivity index (χ4n) is 0.861. The fraction of sp³-hybridized carbons (Fsp3) is 0. The summed E-state index contributed by atoms with van der Waals surface area (Å²) in [6, 6.07) is 2.10. The van der Waals surface area contributed by atoms with E-state index in [4.69, 9.17) is 17.3 Å². The molecule has 1 rings (SSSR count). The second kappa shape index (κ2) is 4.19. The maximum atomic E-state index is 13.1. The lowest BCUT2D eigenvalue weighted by Gasteiger charge is -2.00. The number of primary amides is 1. The van der Waals surface area contributed by atoms with Crippen molar-refractivity contribution in [1.29, 1.82) is 0 Å². The molecule has 2 N–H and O–H groups in total. The summed E-state index contributed by atoms with van der Waals surface area (Å²) in [4.78, 5) is 10.3. The van der Waals surface area contributed by atoms with E-state index in [9.17, 15) is 13.6 Å². The van der Waals surface area contributed by atoms with Crippen LogP contribution in [0, 0.1) is 11.6 Å². The molecule has 0 saturated heterocycles. The number of nitrogens with two attached hydrogens (primary N) is 1. The van der Waals surface area contributed by atoms with Gasteiger partial charge in [-0.2, -0.15) is 0 Å². The zero-order valence-electron chi connectivity index (χ0n) is 6.93. The van der Waals surface area contributed by atoms with E-state index in [1.165, 1.54) is 0 Å². The molecule has 0 heterocycles. The number of hydrogen-bond donors (Lipinski definition) is 1. The van der Waals surface area contributed by atoms with Gasteiger partial charge in [0.2, 0.25) is 5.91 Å². The van der Waals surface area contributed by atoms with Crippen molar-refractivity contribution >= 4 is 23.6 Å². The van der Waals surface area contributed by atoms with Crippen molar-refractivity contribution in [3.63, 3.8) is 0 Å². The quantitative estimate of drug-likeness (QED) is 0.599. The highest BCUT2D eigenvalue weighted by molar-refractivity contribution is 6.30. The van der Waals surface area contributed by atoms with E-state index in [0.717, 1.165) is 24.3 Å². The molecule has 0 aliphatic carbocycles. The molecule has 0 spiro atoms. The van der Waals surface area contributed by atoms with Crippen LogP contribution in [0.3, 0.4) is 0 Å². The number of carbonyl (C=O) groups excluding carboxylic acids is 1. The van der Waals surface area contributed by atoms with Gasteiger partial charge >= 0.3 is 0 Å². The Bertz CT molecular complexity index is 404. The summed E-state index contributed by atoms with van der Waals surface area (Å²) in [7, 11) is 0. The highest BCUT2D eigenvalue weighted by Gasteiger charge is 2.09. The molecular formula is C9H6ClF2NO. The van der Waals surface area contributed by atoms with Crippen LogP contribution in [-0.2, 0) is 4.79 Å². The van der Waals surface area contributed by atoms with Crippen LogP contribution in [0.4, 0.5) is 8.78 Å². The molecule has 0 fully saturated rings. The highest BCUT2D eigenvalue weighted by Crippen LogP contribution is 2.21. The van der Waals surface area contributed by atoms with Crippen molar-refractivity contribution in [2.75, 3.05) is 0 Å². The molecule has 0 atom stereocenters. The van der Waals surface area contributed by atoms with Gasteiger partial charge in [0.15, 0.2) is 5.82 Å². The van der Waals surface area contributed by atoms with Gasteiger partial charge in [0.1, 0.15) is 5.82 Å². The van der Waals surface area contributed by atoms with Crippen LogP contribution in [-0.4, -0.2) is 5.91 Å². The molecule has 74 valence electrons. The van der Waals surface area contributed by atoms with Gasteiger partial charge in [-0.3, -0.25) is 4.79 Å². The van der Waals surface area contributed by atoms with Gasteiger partial charge in [-0.05, 0) is 18.2 Å². The minimum absolute atomic E-state index is 0.212. The Morgan fingerprint density at radius 2 is 2.07 bits per heavy atom. The van der Waals surface area contributed by atoms with E-state index in [0.29, 0.717) is 0 Å². The van der Waals surface area contributed by atoms with Crippen molar-refractivity contribution in [2.24, 2.45) is 5.73 Å². The van der Waals surface area contributed by atoms with Crippen molar-refractivity contribution in [2.45, 2.75) is 0 Å². The van der Waals surface area contributed by atoms with Crippen molar-refractivity contribution in [1.82, 2.24) is 0 Å². The first-order chi connectivity index (χ1) is 6.52. The van der Waals surface area contributed by atoms with Gasteiger partial charge < -0.3 is 5.73 Å². The summed E-state index contributed by atoms with van der Waals surface area (Å²) in [5.41, 5.74) is 4.40. The molecule has 0 saturated carbocycles. The first-order valence-electron chi connectivity index (χ1n) is 3.63. The molecule has 5 heteroatoms. The van der Waals surface area contributed by atoms with Crippen LogP contribution >= 0.6 is 11.6 Å². The zero-order chi connectivity index (χ0) is 10.7. The van der Waals surface area contributed by atoms with Crippen LogP contribution in [0.2, 0.25) is 5.02 Å². The summed E-state index contributed by atoms with van der Waals surface area (Å²) >= 11 is 5.41. The molecule has 0 unspecified atom stereocenters. The van der Waals surface area contributed by atoms with E-state index in [-0.39, 0.29) is 10.6 Å². The van der Waals surface area contributed by atoms with Gasteiger partial charge in [0, 0.05) is 11.6 Å². The highest BCUT2D eigenvalue weighted by atomic mass is 35.5. The summed E-state index contributed by atoms with van der Waals surface area (Å²) in [5, 5.41) is -0.212. The summed E-state index contributed by atoms with van der Waals surface area (Å²) in [6.07, 6.45) is 1.80. The SMILES string of the molecule is NC(=O)C=Cc1c(F)ccc(Cl)c1F. The van der Waals surface area contributed by atoms with E-state index >= 15 is 0 Å². The van der Waals surface area contributed by atoms with E-state index in [1.54, 1.807) is 0 Å².